The lowest BCUT2D eigenvalue weighted by atomic mass is 10.2. The predicted molar refractivity (Wildman–Crippen MR) is 89.6 cm³/mol. The molecule has 3 nitrogen and oxygen atoms in total. The van der Waals surface area contributed by atoms with Crippen LogP contribution in [0.3, 0.4) is 0 Å². The Hall–Kier alpha value is -0.360. The molecular weight excluding hydrogens is 314 g/mol. The second-order valence-corrected chi connectivity index (χ2v) is 6.93. The number of carbonyl (C=O) groups excluding carboxylic acids is 1. The Morgan fingerprint density at radius 1 is 1.40 bits per heavy atom. The first-order chi connectivity index (χ1) is 9.56. The zero-order valence-electron chi connectivity index (χ0n) is 11.6. The van der Waals surface area contributed by atoms with E-state index in [9.17, 15) is 4.79 Å². The maximum atomic E-state index is 11.8. The zero-order valence-corrected chi connectivity index (χ0v) is 14.0. The van der Waals surface area contributed by atoms with E-state index in [1.165, 1.54) is 0 Å². The van der Waals surface area contributed by atoms with Crippen molar-refractivity contribution in [2.45, 2.75) is 24.0 Å². The first kappa shape index (κ1) is 17.7. The van der Waals surface area contributed by atoms with Crippen molar-refractivity contribution >= 4 is 41.0 Å². The summed E-state index contributed by atoms with van der Waals surface area (Å²) in [5, 5.41) is 12.8. The van der Waals surface area contributed by atoms with Gasteiger partial charge in [-0.15, -0.1) is 11.8 Å². The van der Waals surface area contributed by atoms with E-state index in [-0.39, 0.29) is 23.8 Å². The minimum atomic E-state index is -0.0290. The Labute approximate surface area is 133 Å². The highest BCUT2D eigenvalue weighted by atomic mass is 35.5. The minimum absolute atomic E-state index is 0.00367. The fraction of sp³-hybridized carbons (Fsp3) is 0.500. The Morgan fingerprint density at radius 2 is 2.05 bits per heavy atom. The predicted octanol–water partition coefficient (Wildman–Crippen LogP) is 2.80. The number of hydrogen-bond acceptors (Lipinski definition) is 4. The van der Waals surface area contributed by atoms with Crippen LogP contribution in [-0.4, -0.2) is 40.9 Å². The highest BCUT2D eigenvalue weighted by molar-refractivity contribution is 7.99. The summed E-state index contributed by atoms with van der Waals surface area (Å²) >= 11 is 8.94. The normalized spacial score (nSPS) is 13.8. The van der Waals surface area contributed by atoms with E-state index in [2.05, 4.69) is 5.32 Å². The average molecular weight is 334 g/mol. The van der Waals surface area contributed by atoms with Crippen molar-refractivity contribution in [2.24, 2.45) is 0 Å². The topological polar surface area (TPSA) is 49.3 Å². The van der Waals surface area contributed by atoms with E-state index >= 15 is 0 Å². The third-order valence-electron chi connectivity index (χ3n) is 2.84. The molecule has 0 aliphatic rings. The molecule has 2 atom stereocenters. The number of carbonyl (C=O) groups is 1. The van der Waals surface area contributed by atoms with E-state index < -0.39 is 0 Å². The van der Waals surface area contributed by atoms with Gasteiger partial charge in [-0.05, 0) is 30.9 Å². The second-order valence-electron chi connectivity index (χ2n) is 4.43. The van der Waals surface area contributed by atoms with Gasteiger partial charge in [0.05, 0.1) is 12.4 Å². The molecule has 0 aliphatic carbocycles. The molecule has 2 N–H and O–H groups in total. The standard InChI is InChI=1S/C14H20ClNO2S2/c1-10(13(7-17)19-2)16-14(18)9-20-8-11-3-5-12(15)6-4-11/h3-6,10,13,17H,7-9H2,1-2H3,(H,16,18). The van der Waals surface area contributed by atoms with E-state index in [0.29, 0.717) is 5.75 Å². The first-order valence-electron chi connectivity index (χ1n) is 6.32. The van der Waals surface area contributed by atoms with Crippen LogP contribution in [0.4, 0.5) is 0 Å². The Kier molecular flexibility index (Phi) is 8.45. The van der Waals surface area contributed by atoms with E-state index in [1.807, 2.05) is 37.4 Å². The molecule has 0 radical (unpaired) electrons. The van der Waals surface area contributed by atoms with Gasteiger partial charge in [0.2, 0.25) is 5.91 Å². The third kappa shape index (κ3) is 6.39. The van der Waals surface area contributed by atoms with Gasteiger partial charge in [-0.1, -0.05) is 23.7 Å². The molecule has 1 aromatic carbocycles. The fourth-order valence-electron chi connectivity index (χ4n) is 1.67. The molecule has 0 aliphatic heterocycles. The molecule has 0 fully saturated rings. The van der Waals surface area contributed by atoms with Crippen molar-refractivity contribution < 1.29 is 9.90 Å². The second kappa shape index (κ2) is 9.55. The van der Waals surface area contributed by atoms with Crippen molar-refractivity contribution in [3.63, 3.8) is 0 Å². The van der Waals surface area contributed by atoms with Gasteiger partial charge in [-0.2, -0.15) is 11.8 Å². The van der Waals surface area contributed by atoms with E-state index in [4.69, 9.17) is 16.7 Å². The maximum absolute atomic E-state index is 11.8. The van der Waals surface area contributed by atoms with Crippen molar-refractivity contribution in [1.82, 2.24) is 5.32 Å². The van der Waals surface area contributed by atoms with E-state index in [0.717, 1.165) is 16.3 Å². The monoisotopic (exact) mass is 333 g/mol. The lowest BCUT2D eigenvalue weighted by Gasteiger charge is -2.21. The highest BCUT2D eigenvalue weighted by Gasteiger charge is 2.17. The first-order valence-corrected chi connectivity index (χ1v) is 9.14. The Bertz CT molecular complexity index is 410. The van der Waals surface area contributed by atoms with Gasteiger partial charge in [0.1, 0.15) is 0 Å². The van der Waals surface area contributed by atoms with Crippen LogP contribution < -0.4 is 5.32 Å². The molecule has 1 rings (SSSR count). The summed E-state index contributed by atoms with van der Waals surface area (Å²) in [5.41, 5.74) is 1.15. The van der Waals surface area contributed by atoms with Gasteiger partial charge < -0.3 is 10.4 Å². The largest absolute Gasteiger partial charge is 0.395 e. The number of aliphatic hydroxyl groups excluding tert-OH is 1. The molecule has 20 heavy (non-hydrogen) atoms. The number of aliphatic hydroxyl groups is 1. The van der Waals surface area contributed by atoms with Crippen LogP contribution in [0.2, 0.25) is 5.02 Å². The summed E-state index contributed by atoms with van der Waals surface area (Å²) in [6.07, 6.45) is 1.93. The SMILES string of the molecule is CSC(CO)C(C)NC(=O)CSCc1ccc(Cl)cc1. The van der Waals surface area contributed by atoms with Crippen LogP contribution >= 0.6 is 35.1 Å². The van der Waals surface area contributed by atoms with Crippen LogP contribution in [0.5, 0.6) is 0 Å². The van der Waals surface area contributed by atoms with E-state index in [1.54, 1.807) is 23.5 Å². The molecule has 2 unspecified atom stereocenters. The summed E-state index contributed by atoms with van der Waals surface area (Å²) in [6.45, 7) is 1.99. The fourth-order valence-corrected chi connectivity index (χ4v) is 3.22. The number of nitrogens with one attached hydrogen (secondary N) is 1. The number of thioether (sulfide) groups is 2. The molecule has 0 saturated heterocycles. The lowest BCUT2D eigenvalue weighted by Crippen LogP contribution is -2.42. The Balaban J connectivity index is 2.27. The zero-order chi connectivity index (χ0) is 15.0. The molecule has 0 saturated carbocycles. The molecule has 0 bridgehead atoms. The maximum Gasteiger partial charge on any atom is 0.230 e. The number of benzene rings is 1. The van der Waals surface area contributed by atoms with Crippen LogP contribution in [-0.2, 0) is 10.5 Å². The van der Waals surface area contributed by atoms with Crippen LogP contribution in [0.15, 0.2) is 24.3 Å². The molecule has 1 amide bonds. The van der Waals surface area contributed by atoms with Crippen molar-refractivity contribution in [3.8, 4) is 0 Å². The molecular formula is C14H20ClNO2S2. The van der Waals surface area contributed by atoms with Gasteiger partial charge in [-0.25, -0.2) is 0 Å². The molecule has 0 spiro atoms. The van der Waals surface area contributed by atoms with Crippen molar-refractivity contribution in [3.05, 3.63) is 34.9 Å². The van der Waals surface area contributed by atoms with Crippen LogP contribution in [0.1, 0.15) is 12.5 Å². The molecule has 112 valence electrons. The average Bonchev–Trinajstić information content (AvgIpc) is 2.42. The number of amides is 1. The van der Waals surface area contributed by atoms with Gasteiger partial charge in [0.15, 0.2) is 0 Å². The quantitative estimate of drug-likeness (QED) is 0.768. The number of rotatable bonds is 8. The van der Waals surface area contributed by atoms with Gasteiger partial charge in [-0.3, -0.25) is 4.79 Å². The minimum Gasteiger partial charge on any atom is -0.395 e. The smallest absolute Gasteiger partial charge is 0.230 e. The summed E-state index contributed by atoms with van der Waals surface area (Å²) in [7, 11) is 0. The van der Waals surface area contributed by atoms with Gasteiger partial charge in [0, 0.05) is 22.1 Å². The summed E-state index contributed by atoms with van der Waals surface area (Å²) in [4.78, 5) is 11.8. The van der Waals surface area contributed by atoms with Gasteiger partial charge in [0.25, 0.3) is 0 Å². The third-order valence-corrected chi connectivity index (χ3v) is 5.26. The summed E-state index contributed by atoms with van der Waals surface area (Å²) in [6, 6.07) is 7.60. The van der Waals surface area contributed by atoms with Crippen molar-refractivity contribution in [1.29, 1.82) is 0 Å². The summed E-state index contributed by atoms with van der Waals surface area (Å²) in [5.74, 6) is 1.20. The number of halogens is 1. The highest BCUT2D eigenvalue weighted by Crippen LogP contribution is 2.15. The lowest BCUT2D eigenvalue weighted by molar-refractivity contribution is -0.119. The Morgan fingerprint density at radius 3 is 2.60 bits per heavy atom. The van der Waals surface area contributed by atoms with Crippen LogP contribution in [0.25, 0.3) is 0 Å². The van der Waals surface area contributed by atoms with Crippen LogP contribution in [0, 0.1) is 0 Å². The summed E-state index contributed by atoms with van der Waals surface area (Å²) < 4.78 is 0. The molecule has 0 heterocycles. The van der Waals surface area contributed by atoms with Gasteiger partial charge >= 0.3 is 0 Å². The van der Waals surface area contributed by atoms with Crippen molar-refractivity contribution in [2.75, 3.05) is 18.6 Å². The molecule has 6 heteroatoms. The molecule has 1 aromatic rings. The molecule has 0 aromatic heterocycles. The number of hydrogen-bond donors (Lipinski definition) is 2.